The van der Waals surface area contributed by atoms with E-state index in [1.165, 1.54) is 6.07 Å². The van der Waals surface area contributed by atoms with E-state index in [0.717, 1.165) is 12.8 Å². The Balaban J connectivity index is 1.35. The van der Waals surface area contributed by atoms with Crippen molar-refractivity contribution in [3.8, 4) is 11.5 Å². The molecule has 0 bridgehead atoms. The Labute approximate surface area is 190 Å². The summed E-state index contributed by atoms with van der Waals surface area (Å²) >= 11 is 0. The molecule has 0 unspecified atom stereocenters. The van der Waals surface area contributed by atoms with E-state index < -0.39 is 41.9 Å². The molecular formula is C22H21F5N4O3. The van der Waals surface area contributed by atoms with Crippen LogP contribution < -0.4 is 5.32 Å². The molecule has 2 saturated carbocycles. The Morgan fingerprint density at radius 3 is 2.56 bits per heavy atom. The van der Waals surface area contributed by atoms with Gasteiger partial charge in [-0.25, -0.2) is 0 Å². The van der Waals surface area contributed by atoms with Gasteiger partial charge in [0.05, 0.1) is 6.04 Å². The van der Waals surface area contributed by atoms with E-state index in [-0.39, 0.29) is 31.2 Å². The van der Waals surface area contributed by atoms with Gasteiger partial charge in [-0.3, -0.25) is 9.59 Å². The summed E-state index contributed by atoms with van der Waals surface area (Å²) in [6.07, 6.45) is -5.41. The first-order chi connectivity index (χ1) is 16.1. The number of halogens is 5. The van der Waals surface area contributed by atoms with Crippen molar-refractivity contribution in [2.75, 3.05) is 0 Å². The highest BCUT2D eigenvalue weighted by Gasteiger charge is 2.68. The standard InChI is InChI=1S/C22H21F5N4O3/c23-16(24)18-30-29-17(34-18)11-5-6-12-10-31(19(32)13(12)9-11)15-4-2-1-3-14(15)28-20(33)21(7-8-21)22(25,26)27/h5-6,9,14-16H,1-4,7-8,10H2,(H,28,33)/t14-,15+/m0/s1. The van der Waals surface area contributed by atoms with Crippen molar-refractivity contribution in [2.45, 2.75) is 69.8 Å². The van der Waals surface area contributed by atoms with Gasteiger partial charge in [0.2, 0.25) is 11.8 Å². The molecule has 2 amide bonds. The fraction of sp³-hybridized carbons (Fsp3) is 0.545. The third-order valence-electron chi connectivity index (χ3n) is 6.99. The minimum Gasteiger partial charge on any atom is -0.415 e. The highest BCUT2D eigenvalue weighted by Crippen LogP contribution is 2.57. The van der Waals surface area contributed by atoms with Crippen LogP contribution in [0.15, 0.2) is 22.6 Å². The second-order valence-corrected chi connectivity index (χ2v) is 9.06. The molecule has 1 aromatic carbocycles. The number of carbonyl (C=O) groups excluding carboxylic acids is 2. The maximum atomic E-state index is 13.4. The van der Waals surface area contributed by atoms with E-state index in [1.54, 1.807) is 17.0 Å². The zero-order valence-electron chi connectivity index (χ0n) is 17.9. The molecule has 1 aromatic heterocycles. The van der Waals surface area contributed by atoms with Crippen LogP contribution in [0.1, 0.15) is 66.8 Å². The van der Waals surface area contributed by atoms with Gasteiger partial charge in [-0.05, 0) is 43.4 Å². The summed E-state index contributed by atoms with van der Waals surface area (Å²) in [4.78, 5) is 27.4. The van der Waals surface area contributed by atoms with E-state index in [2.05, 4.69) is 15.5 Å². The molecule has 5 rings (SSSR count). The van der Waals surface area contributed by atoms with E-state index in [1.807, 2.05) is 0 Å². The topological polar surface area (TPSA) is 88.3 Å². The fourth-order valence-electron chi connectivity index (χ4n) is 4.89. The molecule has 2 atom stereocenters. The third kappa shape index (κ3) is 3.72. The Morgan fingerprint density at radius 1 is 1.18 bits per heavy atom. The first kappa shape index (κ1) is 22.7. The highest BCUT2D eigenvalue weighted by molar-refractivity contribution is 5.99. The largest absolute Gasteiger partial charge is 0.415 e. The quantitative estimate of drug-likeness (QED) is 0.636. The molecular weight excluding hydrogens is 463 g/mol. The van der Waals surface area contributed by atoms with Crippen molar-refractivity contribution >= 4 is 11.8 Å². The number of alkyl halides is 5. The maximum absolute atomic E-state index is 13.4. The number of amides is 2. The smallest absolute Gasteiger partial charge is 0.403 e. The lowest BCUT2D eigenvalue weighted by Gasteiger charge is -2.39. The Morgan fingerprint density at radius 2 is 1.91 bits per heavy atom. The number of hydrogen-bond donors (Lipinski definition) is 1. The number of rotatable bonds is 5. The van der Waals surface area contributed by atoms with Crippen LogP contribution in [-0.2, 0) is 11.3 Å². The summed E-state index contributed by atoms with van der Waals surface area (Å²) < 4.78 is 70.6. The minimum absolute atomic E-state index is 0.144. The third-order valence-corrected chi connectivity index (χ3v) is 6.99. The van der Waals surface area contributed by atoms with Crippen LogP contribution in [0.4, 0.5) is 22.0 Å². The Kier molecular flexibility index (Phi) is 5.36. The van der Waals surface area contributed by atoms with Crippen molar-refractivity contribution in [1.29, 1.82) is 0 Å². The van der Waals surface area contributed by atoms with Crippen LogP contribution in [0, 0.1) is 5.41 Å². The Bertz CT molecular complexity index is 1130. The minimum atomic E-state index is -4.60. The molecule has 0 radical (unpaired) electrons. The summed E-state index contributed by atoms with van der Waals surface area (Å²) in [5, 5.41) is 9.49. The normalized spacial score (nSPS) is 23.8. The average Bonchev–Trinajstić information content (AvgIpc) is 3.37. The number of hydrogen-bond acceptors (Lipinski definition) is 5. The van der Waals surface area contributed by atoms with Crippen LogP contribution >= 0.6 is 0 Å². The predicted octanol–water partition coefficient (Wildman–Crippen LogP) is 4.40. The van der Waals surface area contributed by atoms with Crippen LogP contribution in [-0.4, -0.2) is 45.2 Å². The fourth-order valence-corrected chi connectivity index (χ4v) is 4.89. The van der Waals surface area contributed by atoms with Crippen molar-refractivity contribution in [3.63, 3.8) is 0 Å². The number of aromatic nitrogens is 2. The molecule has 1 N–H and O–H groups in total. The summed E-state index contributed by atoms with van der Waals surface area (Å²) in [5.41, 5.74) is -0.989. The van der Waals surface area contributed by atoms with Gasteiger partial charge in [0.1, 0.15) is 5.41 Å². The number of fused-ring (bicyclic) bond motifs is 1. The molecule has 2 aromatic rings. The highest BCUT2D eigenvalue weighted by atomic mass is 19.4. The van der Waals surface area contributed by atoms with Gasteiger partial charge in [-0.15, -0.1) is 10.2 Å². The molecule has 2 fully saturated rings. The predicted molar refractivity (Wildman–Crippen MR) is 106 cm³/mol. The zero-order valence-corrected chi connectivity index (χ0v) is 17.9. The molecule has 34 heavy (non-hydrogen) atoms. The van der Waals surface area contributed by atoms with E-state index in [0.29, 0.717) is 29.5 Å². The van der Waals surface area contributed by atoms with Crippen molar-refractivity contribution in [1.82, 2.24) is 20.4 Å². The molecule has 1 aliphatic heterocycles. The molecule has 0 spiro atoms. The number of benzene rings is 1. The number of carbonyl (C=O) groups is 2. The first-order valence-electron chi connectivity index (χ1n) is 11.0. The van der Waals surface area contributed by atoms with Gasteiger partial charge in [0, 0.05) is 23.7 Å². The second kappa shape index (κ2) is 8.02. The summed E-state index contributed by atoms with van der Waals surface area (Å²) in [6.45, 7) is 0.238. The molecule has 3 aliphatic rings. The zero-order chi connectivity index (χ0) is 24.3. The molecule has 2 aliphatic carbocycles. The van der Waals surface area contributed by atoms with Crippen LogP contribution in [0.3, 0.4) is 0 Å². The summed E-state index contributed by atoms with van der Waals surface area (Å²) in [5.74, 6) is -2.33. The van der Waals surface area contributed by atoms with Crippen LogP contribution in [0.25, 0.3) is 11.5 Å². The van der Waals surface area contributed by atoms with Crippen molar-refractivity contribution in [3.05, 3.63) is 35.2 Å². The van der Waals surface area contributed by atoms with Gasteiger partial charge in [0.15, 0.2) is 0 Å². The van der Waals surface area contributed by atoms with Crippen LogP contribution in [0.2, 0.25) is 0 Å². The Hall–Kier alpha value is -3.05. The average molecular weight is 484 g/mol. The van der Waals surface area contributed by atoms with E-state index in [9.17, 15) is 31.5 Å². The first-order valence-corrected chi connectivity index (χ1v) is 11.0. The van der Waals surface area contributed by atoms with Crippen molar-refractivity contribution in [2.24, 2.45) is 5.41 Å². The van der Waals surface area contributed by atoms with Gasteiger partial charge in [-0.1, -0.05) is 18.9 Å². The van der Waals surface area contributed by atoms with E-state index >= 15 is 0 Å². The molecule has 12 heteroatoms. The number of nitrogens with one attached hydrogen (secondary N) is 1. The lowest BCUT2D eigenvalue weighted by atomic mass is 9.88. The monoisotopic (exact) mass is 484 g/mol. The SMILES string of the molecule is O=C1c2cc(-c3nnc(C(F)F)o3)ccc2CN1[C@@H]1CCCC[C@@H]1NC(=O)C1(C(F)(F)F)CC1. The summed E-state index contributed by atoms with van der Waals surface area (Å²) in [7, 11) is 0. The molecule has 0 saturated heterocycles. The van der Waals surface area contributed by atoms with Gasteiger partial charge in [-0.2, -0.15) is 22.0 Å². The molecule has 182 valence electrons. The second-order valence-electron chi connectivity index (χ2n) is 9.06. The lowest BCUT2D eigenvalue weighted by molar-refractivity contribution is -0.193. The molecule has 7 nitrogen and oxygen atoms in total. The van der Waals surface area contributed by atoms with Gasteiger partial charge >= 0.3 is 12.6 Å². The van der Waals surface area contributed by atoms with E-state index in [4.69, 9.17) is 4.42 Å². The number of nitrogens with zero attached hydrogens (tertiary/aromatic N) is 3. The van der Waals surface area contributed by atoms with Crippen LogP contribution in [0.5, 0.6) is 0 Å². The summed E-state index contributed by atoms with van der Waals surface area (Å²) in [6, 6.07) is 3.70. The molecule has 2 heterocycles. The van der Waals surface area contributed by atoms with Crippen molar-refractivity contribution < 1.29 is 36.0 Å². The maximum Gasteiger partial charge on any atom is 0.403 e. The lowest BCUT2D eigenvalue weighted by Crippen LogP contribution is -2.56. The van der Waals surface area contributed by atoms with Gasteiger partial charge in [0.25, 0.3) is 11.8 Å². The van der Waals surface area contributed by atoms with Gasteiger partial charge < -0.3 is 14.6 Å².